The lowest BCUT2D eigenvalue weighted by Crippen LogP contribution is -2.19. The summed E-state index contributed by atoms with van der Waals surface area (Å²) >= 11 is 0. The van der Waals surface area contributed by atoms with Gasteiger partial charge in [-0.2, -0.15) is 5.10 Å². The predicted octanol–water partition coefficient (Wildman–Crippen LogP) is 2.73. The van der Waals surface area contributed by atoms with Gasteiger partial charge in [-0.25, -0.2) is 14.5 Å². The highest BCUT2D eigenvalue weighted by atomic mass is 16.2. The quantitative estimate of drug-likeness (QED) is 0.778. The second-order valence-corrected chi connectivity index (χ2v) is 4.88. The van der Waals surface area contributed by atoms with Crippen molar-refractivity contribution in [3.63, 3.8) is 0 Å². The molecule has 0 aliphatic heterocycles. The van der Waals surface area contributed by atoms with Crippen LogP contribution in [0, 0.1) is 6.92 Å². The van der Waals surface area contributed by atoms with Crippen LogP contribution in [0.5, 0.6) is 0 Å². The highest BCUT2D eigenvalue weighted by molar-refractivity contribution is 5.87. The number of nitrogens with one attached hydrogen (secondary N) is 1. The molecular formula is C16H15N5O. The van der Waals surface area contributed by atoms with Gasteiger partial charge in [-0.3, -0.25) is 5.32 Å². The van der Waals surface area contributed by atoms with Crippen molar-refractivity contribution in [2.24, 2.45) is 5.73 Å². The maximum absolute atomic E-state index is 10.9. The van der Waals surface area contributed by atoms with E-state index in [9.17, 15) is 4.79 Å². The van der Waals surface area contributed by atoms with Crippen LogP contribution in [0.25, 0.3) is 16.9 Å². The number of hydrogen-bond acceptors (Lipinski definition) is 3. The molecule has 22 heavy (non-hydrogen) atoms. The van der Waals surface area contributed by atoms with E-state index in [1.54, 1.807) is 18.5 Å². The SMILES string of the molecule is Cc1ccc(-n2nccc2-c2ccnc(NC(N)=O)c2)cc1. The first kappa shape index (κ1) is 13.8. The summed E-state index contributed by atoms with van der Waals surface area (Å²) in [4.78, 5) is 15.0. The minimum absolute atomic E-state index is 0.404. The molecule has 0 saturated heterocycles. The van der Waals surface area contributed by atoms with Crippen molar-refractivity contribution in [1.29, 1.82) is 0 Å². The van der Waals surface area contributed by atoms with Crippen molar-refractivity contribution in [3.8, 4) is 16.9 Å². The van der Waals surface area contributed by atoms with Gasteiger partial charge >= 0.3 is 6.03 Å². The molecule has 0 fully saturated rings. The molecule has 2 heterocycles. The number of carbonyl (C=O) groups is 1. The highest BCUT2D eigenvalue weighted by Gasteiger charge is 2.09. The summed E-state index contributed by atoms with van der Waals surface area (Å²) in [5, 5.41) is 6.84. The molecule has 2 aromatic heterocycles. The number of nitrogens with zero attached hydrogens (tertiary/aromatic N) is 3. The summed E-state index contributed by atoms with van der Waals surface area (Å²) in [6, 6.07) is 13.0. The Morgan fingerprint density at radius 2 is 1.91 bits per heavy atom. The second kappa shape index (κ2) is 5.69. The van der Waals surface area contributed by atoms with Crippen molar-refractivity contribution >= 4 is 11.8 Å². The van der Waals surface area contributed by atoms with Gasteiger partial charge in [0.25, 0.3) is 0 Å². The molecule has 0 aliphatic carbocycles. The van der Waals surface area contributed by atoms with Crippen molar-refractivity contribution in [1.82, 2.24) is 14.8 Å². The lowest BCUT2D eigenvalue weighted by molar-refractivity contribution is 0.259. The third-order valence-electron chi connectivity index (χ3n) is 3.23. The number of amides is 2. The van der Waals surface area contributed by atoms with Gasteiger partial charge in [0.15, 0.2) is 0 Å². The molecule has 3 aromatic rings. The number of pyridine rings is 1. The van der Waals surface area contributed by atoms with Gasteiger partial charge in [0, 0.05) is 11.8 Å². The maximum Gasteiger partial charge on any atom is 0.317 e. The van der Waals surface area contributed by atoms with Crippen molar-refractivity contribution < 1.29 is 4.79 Å². The summed E-state index contributed by atoms with van der Waals surface area (Å²) < 4.78 is 1.84. The molecular weight excluding hydrogens is 278 g/mol. The van der Waals surface area contributed by atoms with Gasteiger partial charge < -0.3 is 5.73 Å². The largest absolute Gasteiger partial charge is 0.351 e. The topological polar surface area (TPSA) is 85.8 Å². The van der Waals surface area contributed by atoms with Crippen molar-refractivity contribution in [2.45, 2.75) is 6.92 Å². The van der Waals surface area contributed by atoms with Crippen LogP contribution in [0.1, 0.15) is 5.56 Å². The summed E-state index contributed by atoms with van der Waals surface area (Å²) in [6.45, 7) is 2.04. The highest BCUT2D eigenvalue weighted by Crippen LogP contribution is 2.24. The number of benzene rings is 1. The number of nitrogens with two attached hydrogens (primary N) is 1. The van der Waals surface area contributed by atoms with E-state index in [1.165, 1.54) is 5.56 Å². The van der Waals surface area contributed by atoms with Crippen LogP contribution in [0.3, 0.4) is 0 Å². The van der Waals surface area contributed by atoms with Gasteiger partial charge in [-0.05, 0) is 37.3 Å². The number of aromatic nitrogens is 3. The Kier molecular flexibility index (Phi) is 3.57. The van der Waals surface area contributed by atoms with E-state index in [4.69, 9.17) is 5.73 Å². The molecule has 6 nitrogen and oxygen atoms in total. The molecule has 0 saturated carbocycles. The third kappa shape index (κ3) is 2.80. The molecule has 0 radical (unpaired) electrons. The predicted molar refractivity (Wildman–Crippen MR) is 84.7 cm³/mol. The van der Waals surface area contributed by atoms with Gasteiger partial charge in [0.1, 0.15) is 5.82 Å². The van der Waals surface area contributed by atoms with Gasteiger partial charge in [-0.1, -0.05) is 17.7 Å². The molecule has 0 bridgehead atoms. The smallest absolute Gasteiger partial charge is 0.317 e. The van der Waals surface area contributed by atoms with Gasteiger partial charge in [0.2, 0.25) is 0 Å². The minimum Gasteiger partial charge on any atom is -0.351 e. The number of urea groups is 1. The van der Waals surface area contributed by atoms with Crippen LogP contribution >= 0.6 is 0 Å². The maximum atomic E-state index is 10.9. The Morgan fingerprint density at radius 3 is 2.64 bits per heavy atom. The summed E-state index contributed by atoms with van der Waals surface area (Å²) in [5.74, 6) is 0.404. The molecule has 110 valence electrons. The number of carbonyl (C=O) groups excluding carboxylic acids is 1. The zero-order valence-electron chi connectivity index (χ0n) is 12.0. The summed E-state index contributed by atoms with van der Waals surface area (Å²) in [7, 11) is 0. The Morgan fingerprint density at radius 1 is 1.14 bits per heavy atom. The average molecular weight is 293 g/mol. The lowest BCUT2D eigenvalue weighted by Gasteiger charge is -2.09. The fraction of sp³-hybridized carbons (Fsp3) is 0.0625. The van der Waals surface area contributed by atoms with E-state index in [-0.39, 0.29) is 0 Å². The van der Waals surface area contributed by atoms with Crippen LogP contribution in [-0.2, 0) is 0 Å². The first-order valence-corrected chi connectivity index (χ1v) is 6.77. The van der Waals surface area contributed by atoms with Crippen molar-refractivity contribution in [2.75, 3.05) is 5.32 Å². The Balaban J connectivity index is 2.01. The molecule has 0 atom stereocenters. The van der Waals surface area contributed by atoms with E-state index >= 15 is 0 Å². The molecule has 0 unspecified atom stereocenters. The fourth-order valence-corrected chi connectivity index (χ4v) is 2.20. The van der Waals surface area contributed by atoms with Crippen LogP contribution in [0.2, 0.25) is 0 Å². The van der Waals surface area contributed by atoms with Gasteiger partial charge in [-0.15, -0.1) is 0 Å². The zero-order chi connectivity index (χ0) is 15.5. The molecule has 3 N–H and O–H groups in total. The van der Waals surface area contributed by atoms with Crippen LogP contribution in [0.4, 0.5) is 10.6 Å². The fourth-order valence-electron chi connectivity index (χ4n) is 2.20. The first-order chi connectivity index (χ1) is 10.6. The molecule has 1 aromatic carbocycles. The second-order valence-electron chi connectivity index (χ2n) is 4.88. The van der Waals surface area contributed by atoms with E-state index in [0.29, 0.717) is 5.82 Å². The average Bonchev–Trinajstić information content (AvgIpc) is 2.97. The van der Waals surface area contributed by atoms with Crippen LogP contribution in [0.15, 0.2) is 54.9 Å². The molecule has 0 spiro atoms. The van der Waals surface area contributed by atoms with E-state index < -0.39 is 6.03 Å². The Labute approximate surface area is 127 Å². The number of rotatable bonds is 3. The van der Waals surface area contributed by atoms with Crippen LogP contribution in [-0.4, -0.2) is 20.8 Å². The van der Waals surface area contributed by atoms with E-state index in [1.807, 2.05) is 48.0 Å². The number of primary amides is 1. The Bertz CT molecular complexity index is 807. The number of aryl methyl sites for hydroxylation is 1. The standard InChI is InChI=1S/C16H15N5O/c1-11-2-4-13(5-3-11)21-14(7-9-19-21)12-6-8-18-15(10-12)20-16(17)22/h2-10H,1H3,(H3,17,18,20,22). The van der Waals surface area contributed by atoms with Crippen molar-refractivity contribution in [3.05, 3.63) is 60.4 Å². The summed E-state index contributed by atoms with van der Waals surface area (Å²) in [6.07, 6.45) is 3.35. The molecule has 0 aliphatic rings. The van der Waals surface area contributed by atoms with E-state index in [0.717, 1.165) is 16.9 Å². The number of anilines is 1. The minimum atomic E-state index is -0.642. The molecule has 6 heteroatoms. The van der Waals surface area contributed by atoms with Crippen LogP contribution < -0.4 is 11.1 Å². The Hall–Kier alpha value is -3.15. The monoisotopic (exact) mass is 293 g/mol. The normalized spacial score (nSPS) is 10.4. The van der Waals surface area contributed by atoms with Gasteiger partial charge in [0.05, 0.1) is 17.6 Å². The first-order valence-electron chi connectivity index (χ1n) is 6.77. The summed E-state index contributed by atoms with van der Waals surface area (Å²) in [5.41, 5.74) is 9.06. The van der Waals surface area contributed by atoms with E-state index in [2.05, 4.69) is 15.4 Å². The number of hydrogen-bond donors (Lipinski definition) is 2. The molecule has 2 amide bonds. The third-order valence-corrected chi connectivity index (χ3v) is 3.23. The molecule has 3 rings (SSSR count). The zero-order valence-corrected chi connectivity index (χ0v) is 12.0. The lowest BCUT2D eigenvalue weighted by atomic mass is 10.1.